The number of rotatable bonds is 8. The van der Waals surface area contributed by atoms with Crippen LogP contribution in [0.3, 0.4) is 0 Å². The molecule has 2 amide bonds. The predicted octanol–water partition coefficient (Wildman–Crippen LogP) is 2.09. The Labute approximate surface area is 197 Å². The van der Waals surface area contributed by atoms with Crippen molar-refractivity contribution in [1.29, 1.82) is 0 Å². The Bertz CT molecular complexity index is 1140. The molecule has 0 saturated carbocycles. The number of hydrogen-bond donors (Lipinski definition) is 2. The molecule has 0 unspecified atom stereocenters. The molecule has 1 aliphatic rings. The average molecular weight is 476 g/mol. The maximum Gasteiger partial charge on any atom is 0.330 e. The fourth-order valence-electron chi connectivity index (χ4n) is 4.05. The standard InChI is InChI=1S/C23H33N5O4S/c1-13(2)10-27(19-20(24)28(11-14(3)4)23(32)25-21(19)30)18(29)12-26(5)22(31)17-9-15-7-6-8-16(15)33-17/h9,13-14H,6-8,10-12,24H2,1-5H3,(H,25,30,32). The van der Waals surface area contributed by atoms with Crippen molar-refractivity contribution in [3.8, 4) is 0 Å². The van der Waals surface area contributed by atoms with Gasteiger partial charge in [0.1, 0.15) is 12.4 Å². The van der Waals surface area contributed by atoms with E-state index in [0.29, 0.717) is 11.4 Å². The molecule has 0 radical (unpaired) electrons. The van der Waals surface area contributed by atoms with Gasteiger partial charge in [0.05, 0.1) is 4.88 Å². The average Bonchev–Trinajstić information content (AvgIpc) is 3.31. The van der Waals surface area contributed by atoms with E-state index in [4.69, 9.17) is 5.73 Å². The van der Waals surface area contributed by atoms with E-state index >= 15 is 0 Å². The molecule has 0 bridgehead atoms. The molecule has 10 heteroatoms. The maximum absolute atomic E-state index is 13.3. The fourth-order valence-corrected chi connectivity index (χ4v) is 5.30. The van der Waals surface area contributed by atoms with Gasteiger partial charge in [-0.3, -0.25) is 23.9 Å². The second-order valence-electron chi connectivity index (χ2n) is 9.47. The summed E-state index contributed by atoms with van der Waals surface area (Å²) in [5, 5.41) is 0. The van der Waals surface area contributed by atoms with Gasteiger partial charge < -0.3 is 15.5 Å². The number of aromatic nitrogens is 2. The lowest BCUT2D eigenvalue weighted by Gasteiger charge is -2.28. The van der Waals surface area contributed by atoms with Crippen molar-refractivity contribution in [2.24, 2.45) is 11.8 Å². The van der Waals surface area contributed by atoms with Crippen LogP contribution in [0.1, 0.15) is 54.2 Å². The van der Waals surface area contributed by atoms with Gasteiger partial charge in [0.2, 0.25) is 5.91 Å². The summed E-state index contributed by atoms with van der Waals surface area (Å²) in [5.74, 6) is -0.571. The van der Waals surface area contributed by atoms with Crippen LogP contribution in [-0.2, 0) is 24.2 Å². The van der Waals surface area contributed by atoms with Crippen LogP contribution < -0.4 is 21.9 Å². The van der Waals surface area contributed by atoms with E-state index in [1.165, 1.54) is 36.1 Å². The highest BCUT2D eigenvalue weighted by atomic mass is 32.1. The Morgan fingerprint density at radius 2 is 1.88 bits per heavy atom. The molecule has 0 saturated heterocycles. The van der Waals surface area contributed by atoms with Gasteiger partial charge in [-0.05, 0) is 42.7 Å². The topological polar surface area (TPSA) is 121 Å². The molecule has 0 atom stereocenters. The number of aromatic amines is 1. The summed E-state index contributed by atoms with van der Waals surface area (Å²) in [4.78, 5) is 58.1. The summed E-state index contributed by atoms with van der Waals surface area (Å²) in [6.07, 6.45) is 3.09. The molecule has 33 heavy (non-hydrogen) atoms. The molecule has 0 aromatic carbocycles. The highest BCUT2D eigenvalue weighted by Gasteiger charge is 2.28. The zero-order chi connectivity index (χ0) is 24.4. The second-order valence-corrected chi connectivity index (χ2v) is 10.6. The summed E-state index contributed by atoms with van der Waals surface area (Å²) < 4.78 is 1.28. The molecule has 2 aromatic rings. The number of anilines is 2. The Kier molecular flexibility index (Phi) is 7.46. The van der Waals surface area contributed by atoms with Crippen molar-refractivity contribution in [2.45, 2.75) is 53.5 Å². The molecule has 2 heterocycles. The Morgan fingerprint density at radius 3 is 2.48 bits per heavy atom. The number of nitrogens with zero attached hydrogens (tertiary/aromatic N) is 3. The number of nitrogen functional groups attached to an aromatic ring is 1. The van der Waals surface area contributed by atoms with E-state index < -0.39 is 17.2 Å². The van der Waals surface area contributed by atoms with Crippen LogP contribution in [0, 0.1) is 11.8 Å². The number of nitrogens with one attached hydrogen (secondary N) is 1. The molecule has 9 nitrogen and oxygen atoms in total. The van der Waals surface area contributed by atoms with E-state index in [1.54, 1.807) is 7.05 Å². The lowest BCUT2D eigenvalue weighted by Crippen LogP contribution is -2.47. The van der Waals surface area contributed by atoms with Crippen molar-refractivity contribution in [3.63, 3.8) is 0 Å². The highest BCUT2D eigenvalue weighted by molar-refractivity contribution is 7.14. The lowest BCUT2D eigenvalue weighted by molar-refractivity contribution is -0.119. The van der Waals surface area contributed by atoms with Crippen LogP contribution >= 0.6 is 11.3 Å². The quantitative estimate of drug-likeness (QED) is 0.605. The van der Waals surface area contributed by atoms with E-state index in [9.17, 15) is 19.2 Å². The smallest absolute Gasteiger partial charge is 0.330 e. The molecule has 3 N–H and O–H groups in total. The lowest BCUT2D eigenvalue weighted by atomic mass is 10.2. The SMILES string of the molecule is CC(C)CN(C(=O)CN(C)C(=O)c1cc2c(s1)CCC2)c1c(N)n(CC(C)C)c(=O)[nH]c1=O. The van der Waals surface area contributed by atoms with Gasteiger partial charge in [0.25, 0.3) is 11.5 Å². The minimum Gasteiger partial charge on any atom is -0.383 e. The summed E-state index contributed by atoms with van der Waals surface area (Å²) in [6, 6.07) is 1.92. The molecule has 3 rings (SSSR count). The number of amides is 2. The number of aryl methyl sites for hydroxylation is 2. The number of nitrogens with two attached hydrogens (primary N) is 1. The van der Waals surface area contributed by atoms with Gasteiger partial charge in [-0.2, -0.15) is 0 Å². The normalized spacial score (nSPS) is 12.9. The van der Waals surface area contributed by atoms with Gasteiger partial charge in [-0.15, -0.1) is 11.3 Å². The number of likely N-dealkylation sites (N-methyl/N-ethyl adjacent to an activating group) is 1. The van der Waals surface area contributed by atoms with E-state index in [-0.39, 0.29) is 42.3 Å². The number of carbonyl (C=O) groups excluding carboxylic acids is 2. The van der Waals surface area contributed by atoms with Crippen LogP contribution in [0.15, 0.2) is 15.7 Å². The van der Waals surface area contributed by atoms with Crippen LogP contribution in [0.4, 0.5) is 11.5 Å². The van der Waals surface area contributed by atoms with Gasteiger partial charge in [0, 0.05) is 25.0 Å². The number of H-pyrrole nitrogens is 1. The zero-order valence-corrected chi connectivity index (χ0v) is 20.8. The molecule has 0 aliphatic heterocycles. The monoisotopic (exact) mass is 475 g/mol. The van der Waals surface area contributed by atoms with Crippen LogP contribution in [0.5, 0.6) is 0 Å². The molecule has 180 valence electrons. The van der Waals surface area contributed by atoms with Crippen molar-refractivity contribution in [2.75, 3.05) is 30.8 Å². The molecule has 2 aromatic heterocycles. The summed E-state index contributed by atoms with van der Waals surface area (Å²) in [6.45, 7) is 7.99. The van der Waals surface area contributed by atoms with Crippen molar-refractivity contribution < 1.29 is 9.59 Å². The summed E-state index contributed by atoms with van der Waals surface area (Å²) >= 11 is 1.49. The molecular formula is C23H33N5O4S. The Morgan fingerprint density at radius 1 is 1.18 bits per heavy atom. The minimum absolute atomic E-state index is 0.0273. The third kappa shape index (κ3) is 5.38. The molecule has 0 spiro atoms. The van der Waals surface area contributed by atoms with Crippen LogP contribution in [0.2, 0.25) is 0 Å². The highest BCUT2D eigenvalue weighted by Crippen LogP contribution is 2.31. The van der Waals surface area contributed by atoms with E-state index in [2.05, 4.69) is 4.98 Å². The summed E-state index contributed by atoms with van der Waals surface area (Å²) in [7, 11) is 1.58. The first-order valence-electron chi connectivity index (χ1n) is 11.3. The number of fused-ring (bicyclic) bond motifs is 1. The Balaban J connectivity index is 1.89. The van der Waals surface area contributed by atoms with Crippen LogP contribution in [-0.4, -0.2) is 46.4 Å². The number of hydrogen-bond acceptors (Lipinski definition) is 6. The van der Waals surface area contributed by atoms with Crippen molar-refractivity contribution >= 4 is 34.7 Å². The van der Waals surface area contributed by atoms with Crippen molar-refractivity contribution in [3.05, 3.63) is 42.2 Å². The minimum atomic E-state index is -0.713. The fraction of sp³-hybridized carbons (Fsp3) is 0.565. The molecular weight excluding hydrogens is 442 g/mol. The largest absolute Gasteiger partial charge is 0.383 e. The van der Waals surface area contributed by atoms with Gasteiger partial charge >= 0.3 is 5.69 Å². The maximum atomic E-state index is 13.3. The number of thiophene rings is 1. The third-order valence-electron chi connectivity index (χ3n) is 5.56. The van der Waals surface area contributed by atoms with Gasteiger partial charge in [-0.1, -0.05) is 27.7 Å². The number of carbonyl (C=O) groups is 2. The first-order valence-corrected chi connectivity index (χ1v) is 12.1. The second kappa shape index (κ2) is 9.94. The van der Waals surface area contributed by atoms with E-state index in [1.807, 2.05) is 33.8 Å². The summed E-state index contributed by atoms with van der Waals surface area (Å²) in [5.41, 5.74) is 6.09. The van der Waals surface area contributed by atoms with Crippen LogP contribution in [0.25, 0.3) is 0 Å². The zero-order valence-electron chi connectivity index (χ0n) is 19.9. The Hall–Kier alpha value is -2.88. The first-order chi connectivity index (χ1) is 15.5. The first kappa shape index (κ1) is 24.8. The van der Waals surface area contributed by atoms with E-state index in [0.717, 1.165) is 19.3 Å². The third-order valence-corrected chi connectivity index (χ3v) is 6.78. The predicted molar refractivity (Wildman–Crippen MR) is 131 cm³/mol. The molecule has 0 fully saturated rings. The van der Waals surface area contributed by atoms with Gasteiger partial charge in [-0.25, -0.2) is 4.79 Å². The van der Waals surface area contributed by atoms with Gasteiger partial charge in [0.15, 0.2) is 5.69 Å². The van der Waals surface area contributed by atoms with Crippen molar-refractivity contribution in [1.82, 2.24) is 14.5 Å². The molecule has 1 aliphatic carbocycles.